The van der Waals surface area contributed by atoms with Crippen molar-refractivity contribution < 1.29 is 40.7 Å². The minimum atomic E-state index is -4.35. The van der Waals surface area contributed by atoms with E-state index in [2.05, 4.69) is 31.9 Å². The number of ketones is 2. The molecule has 30 heavy (non-hydrogen) atoms. The van der Waals surface area contributed by atoms with Crippen molar-refractivity contribution in [2.45, 2.75) is 12.4 Å². The van der Waals surface area contributed by atoms with Crippen molar-refractivity contribution in [3.63, 3.8) is 0 Å². The van der Waals surface area contributed by atoms with Crippen molar-refractivity contribution in [3.05, 3.63) is 70.8 Å². The van der Waals surface area contributed by atoms with Crippen LogP contribution in [0.5, 0.6) is 0 Å². The maximum Gasteiger partial charge on any atom is 0.416 e. The summed E-state index contributed by atoms with van der Waals surface area (Å²) in [6, 6.07) is 8.29. The Morgan fingerprint density at radius 3 is 1.03 bits per heavy atom. The molecule has 0 atom stereocenters. The molecule has 2 rings (SSSR count). The summed E-state index contributed by atoms with van der Waals surface area (Å²) in [6.07, 6.45) is -8.70. The van der Waals surface area contributed by atoms with E-state index in [1.165, 1.54) is 24.3 Å². The fourth-order valence-corrected chi connectivity index (χ4v) is 2.49. The van der Waals surface area contributed by atoms with Crippen LogP contribution in [0.15, 0.2) is 48.5 Å². The van der Waals surface area contributed by atoms with Crippen LogP contribution in [-0.2, 0) is 17.1 Å². The van der Waals surface area contributed by atoms with Crippen LogP contribution in [0.4, 0.5) is 26.3 Å². The third-order valence-corrected chi connectivity index (χ3v) is 4.33. The lowest BCUT2D eigenvalue weighted by Gasteiger charge is -2.06. The van der Waals surface area contributed by atoms with Crippen LogP contribution in [0, 0.1) is 0 Å². The van der Waals surface area contributed by atoms with Gasteiger partial charge in [0.15, 0.2) is 11.6 Å². The number of carbonyl (C=O) groups is 3. The number of rotatable bonds is 4. The van der Waals surface area contributed by atoms with Crippen LogP contribution < -0.4 is 0 Å². The molecule has 0 N–H and O–H groups in total. The fourth-order valence-electron chi connectivity index (χ4n) is 1.84. The van der Waals surface area contributed by atoms with Crippen molar-refractivity contribution >= 4 is 50.2 Å². The summed E-state index contributed by atoms with van der Waals surface area (Å²) < 4.78 is 72.7. The molecule has 11 heteroatoms. The number of carbonyl (C=O) groups excluding carboxylic acids is 3. The Bertz CT molecular complexity index is 747. The zero-order valence-corrected chi connectivity index (χ0v) is 18.2. The standard InChI is InChI=1S/2C9H6BrF3O.CH2O/c2*10-5-8(14)6-1-3-7(4-2-6)9(11,12)13;1-2/h2*1-4H,5H2;1H2. The van der Waals surface area contributed by atoms with Crippen molar-refractivity contribution in [2.24, 2.45) is 0 Å². The van der Waals surface area contributed by atoms with Gasteiger partial charge in [0.1, 0.15) is 6.79 Å². The maximum atomic E-state index is 12.1. The first-order chi connectivity index (χ1) is 13.9. The summed E-state index contributed by atoms with van der Waals surface area (Å²) in [4.78, 5) is 30.1. The highest BCUT2D eigenvalue weighted by Crippen LogP contribution is 2.30. The number of alkyl halides is 8. The number of benzene rings is 2. The lowest BCUT2D eigenvalue weighted by molar-refractivity contribution is -0.138. The van der Waals surface area contributed by atoms with Gasteiger partial charge >= 0.3 is 12.4 Å². The topological polar surface area (TPSA) is 51.2 Å². The second-order valence-corrected chi connectivity index (χ2v) is 6.39. The van der Waals surface area contributed by atoms with E-state index in [1.807, 2.05) is 6.79 Å². The third-order valence-electron chi connectivity index (χ3n) is 3.31. The van der Waals surface area contributed by atoms with E-state index < -0.39 is 23.5 Å². The van der Waals surface area contributed by atoms with Gasteiger partial charge in [0.05, 0.1) is 21.8 Å². The largest absolute Gasteiger partial charge is 0.416 e. The van der Waals surface area contributed by atoms with Crippen molar-refractivity contribution in [1.82, 2.24) is 0 Å². The molecule has 0 aliphatic carbocycles. The van der Waals surface area contributed by atoms with Gasteiger partial charge in [-0.3, -0.25) is 9.59 Å². The first-order valence-corrected chi connectivity index (χ1v) is 9.96. The van der Waals surface area contributed by atoms with Crippen LogP contribution in [0.25, 0.3) is 0 Å². The van der Waals surface area contributed by atoms with E-state index >= 15 is 0 Å². The van der Waals surface area contributed by atoms with Gasteiger partial charge in [-0.15, -0.1) is 0 Å². The lowest BCUT2D eigenvalue weighted by atomic mass is 10.1. The van der Waals surface area contributed by atoms with Gasteiger partial charge in [0, 0.05) is 11.1 Å². The van der Waals surface area contributed by atoms with Gasteiger partial charge in [-0.2, -0.15) is 26.3 Å². The fraction of sp³-hybridized carbons (Fsp3) is 0.211. The van der Waals surface area contributed by atoms with Gasteiger partial charge in [-0.1, -0.05) is 56.1 Å². The van der Waals surface area contributed by atoms with Crippen LogP contribution in [0.1, 0.15) is 31.8 Å². The number of hydrogen-bond acceptors (Lipinski definition) is 3. The van der Waals surface area contributed by atoms with Crippen LogP contribution in [0.2, 0.25) is 0 Å². The van der Waals surface area contributed by atoms with E-state index in [0.717, 1.165) is 24.3 Å². The Morgan fingerprint density at radius 2 is 0.867 bits per heavy atom. The van der Waals surface area contributed by atoms with Gasteiger partial charge in [-0.25, -0.2) is 0 Å². The molecular formula is C19H14Br2F6O3. The summed E-state index contributed by atoms with van der Waals surface area (Å²) in [5, 5.41) is 0.219. The third kappa shape index (κ3) is 9.21. The summed E-state index contributed by atoms with van der Waals surface area (Å²) in [7, 11) is 0. The van der Waals surface area contributed by atoms with Crippen molar-refractivity contribution in [1.29, 1.82) is 0 Å². The molecular weight excluding hydrogens is 550 g/mol. The highest BCUT2D eigenvalue weighted by Gasteiger charge is 2.30. The molecule has 0 amide bonds. The summed E-state index contributed by atoms with van der Waals surface area (Å²) >= 11 is 5.88. The monoisotopic (exact) mass is 562 g/mol. The zero-order chi connectivity index (χ0) is 23.5. The van der Waals surface area contributed by atoms with Crippen LogP contribution >= 0.6 is 31.9 Å². The van der Waals surface area contributed by atoms with Crippen molar-refractivity contribution in [2.75, 3.05) is 10.7 Å². The van der Waals surface area contributed by atoms with Gasteiger partial charge < -0.3 is 4.79 Å². The smallest absolute Gasteiger partial charge is 0.307 e. The first-order valence-electron chi connectivity index (χ1n) is 7.72. The Hall–Kier alpha value is -2.01. The minimum absolute atomic E-state index is 0.109. The van der Waals surface area contributed by atoms with Crippen LogP contribution in [-0.4, -0.2) is 29.0 Å². The summed E-state index contributed by atoms with van der Waals surface area (Å²) in [5.41, 5.74) is -0.947. The Balaban J connectivity index is 0.000000518. The molecule has 0 heterocycles. The quantitative estimate of drug-likeness (QED) is 0.246. The van der Waals surface area contributed by atoms with E-state index in [-0.39, 0.29) is 33.4 Å². The van der Waals surface area contributed by atoms with E-state index in [0.29, 0.717) is 0 Å². The molecule has 0 aromatic heterocycles. The zero-order valence-electron chi connectivity index (χ0n) is 15.0. The molecule has 0 aliphatic rings. The molecule has 0 fully saturated rings. The highest BCUT2D eigenvalue weighted by molar-refractivity contribution is 9.09. The molecule has 0 saturated carbocycles. The van der Waals surface area contributed by atoms with E-state index in [4.69, 9.17) is 4.79 Å². The molecule has 3 nitrogen and oxygen atoms in total. The molecule has 2 aromatic carbocycles. The second kappa shape index (κ2) is 12.6. The van der Waals surface area contributed by atoms with Crippen molar-refractivity contribution in [3.8, 4) is 0 Å². The predicted molar refractivity (Wildman–Crippen MR) is 106 cm³/mol. The molecule has 0 radical (unpaired) electrons. The number of halogens is 8. The SMILES string of the molecule is C=O.O=C(CBr)c1ccc(C(F)(F)F)cc1.O=C(CBr)c1ccc(C(F)(F)F)cc1. The Labute approximate surface area is 184 Å². The Kier molecular flexibility index (Phi) is 11.8. The predicted octanol–water partition coefficient (Wildman–Crippen LogP) is 6.38. The molecule has 2 aromatic rings. The van der Waals surface area contributed by atoms with Crippen LogP contribution in [0.3, 0.4) is 0 Å². The van der Waals surface area contributed by atoms with Gasteiger partial charge in [0.25, 0.3) is 0 Å². The summed E-state index contributed by atoms with van der Waals surface area (Å²) in [5.74, 6) is -0.475. The molecule has 0 saturated heterocycles. The second-order valence-electron chi connectivity index (χ2n) is 5.26. The minimum Gasteiger partial charge on any atom is -0.307 e. The first kappa shape index (κ1) is 28.0. The number of hydrogen-bond donors (Lipinski definition) is 0. The molecule has 0 unspecified atom stereocenters. The molecule has 0 spiro atoms. The Morgan fingerprint density at radius 1 is 0.633 bits per heavy atom. The van der Waals surface area contributed by atoms with E-state index in [9.17, 15) is 35.9 Å². The summed E-state index contributed by atoms with van der Waals surface area (Å²) in [6.45, 7) is 2.00. The average molecular weight is 564 g/mol. The molecule has 0 aliphatic heterocycles. The lowest BCUT2D eigenvalue weighted by Crippen LogP contribution is -2.06. The van der Waals surface area contributed by atoms with E-state index in [1.54, 1.807) is 0 Å². The normalized spacial score (nSPS) is 10.8. The van der Waals surface area contributed by atoms with Gasteiger partial charge in [-0.05, 0) is 24.3 Å². The average Bonchev–Trinajstić information content (AvgIpc) is 2.73. The van der Waals surface area contributed by atoms with Gasteiger partial charge in [0.2, 0.25) is 0 Å². The molecule has 0 bridgehead atoms. The maximum absolute atomic E-state index is 12.1. The highest BCUT2D eigenvalue weighted by atomic mass is 79.9. The molecule has 164 valence electrons. The number of Topliss-reactive ketones (excluding diaryl/α,β-unsaturated/α-hetero) is 2.